The Hall–Kier alpha value is -2.17. The zero-order valence-electron chi connectivity index (χ0n) is 10.3. The molecule has 0 aliphatic carbocycles. The molecule has 1 heterocycles. The van der Waals surface area contributed by atoms with Gasteiger partial charge in [0.05, 0.1) is 5.56 Å². The highest BCUT2D eigenvalue weighted by Gasteiger charge is 2.10. The molecule has 2 N–H and O–H groups in total. The molecule has 0 saturated heterocycles. The first-order valence-corrected chi connectivity index (χ1v) is 5.65. The summed E-state index contributed by atoms with van der Waals surface area (Å²) in [6.07, 6.45) is 1.98. The number of aromatic nitrogens is 2. The van der Waals surface area contributed by atoms with Crippen LogP contribution in [-0.4, -0.2) is 9.97 Å². The van der Waals surface area contributed by atoms with E-state index in [0.717, 1.165) is 5.56 Å². The van der Waals surface area contributed by atoms with Gasteiger partial charge in [0.2, 0.25) is 5.88 Å². The Kier molecular flexibility index (Phi) is 3.41. The molecule has 0 bridgehead atoms. The van der Waals surface area contributed by atoms with Crippen LogP contribution in [0.4, 0.5) is 10.2 Å². The molecule has 1 aromatic heterocycles. The summed E-state index contributed by atoms with van der Waals surface area (Å²) in [7, 11) is 0. The minimum absolute atomic E-state index is 0.312. The number of nitrogen functional groups attached to an aromatic ring is 1. The van der Waals surface area contributed by atoms with Crippen LogP contribution >= 0.6 is 0 Å². The van der Waals surface area contributed by atoms with Gasteiger partial charge in [-0.05, 0) is 25.0 Å². The smallest absolute Gasteiger partial charge is 0.227 e. The van der Waals surface area contributed by atoms with Crippen molar-refractivity contribution < 1.29 is 9.13 Å². The van der Waals surface area contributed by atoms with Gasteiger partial charge in [0.15, 0.2) is 0 Å². The van der Waals surface area contributed by atoms with Crippen LogP contribution in [0.1, 0.15) is 18.1 Å². The molecule has 94 valence electrons. The Balaban J connectivity index is 2.34. The first-order valence-electron chi connectivity index (χ1n) is 5.65. The Labute approximate surface area is 105 Å². The van der Waals surface area contributed by atoms with Gasteiger partial charge in [-0.2, -0.15) is 0 Å². The summed E-state index contributed by atoms with van der Waals surface area (Å²) in [5.41, 5.74) is 7.02. The Morgan fingerprint density at radius 3 is 2.78 bits per heavy atom. The van der Waals surface area contributed by atoms with Gasteiger partial charge in [0.1, 0.15) is 23.7 Å². The number of anilines is 1. The number of aryl methyl sites for hydroxylation is 1. The van der Waals surface area contributed by atoms with Gasteiger partial charge in [0.25, 0.3) is 0 Å². The van der Waals surface area contributed by atoms with Gasteiger partial charge in [-0.15, -0.1) is 0 Å². The number of hydrogen-bond acceptors (Lipinski definition) is 4. The van der Waals surface area contributed by atoms with Crippen molar-refractivity contribution in [2.24, 2.45) is 0 Å². The van der Waals surface area contributed by atoms with Crippen molar-refractivity contribution in [2.75, 3.05) is 5.73 Å². The third kappa shape index (κ3) is 2.40. The number of rotatable bonds is 3. The molecular formula is C13H14FN3O. The Morgan fingerprint density at radius 1 is 1.33 bits per heavy atom. The lowest BCUT2D eigenvalue weighted by atomic mass is 10.2. The van der Waals surface area contributed by atoms with Crippen LogP contribution in [-0.2, 0) is 6.42 Å². The van der Waals surface area contributed by atoms with Gasteiger partial charge < -0.3 is 10.5 Å². The standard InChI is InChI=1S/C13H14FN3O/c1-3-10-12(15)16-7-17-13(10)18-9-5-4-8(2)11(14)6-9/h4-7H,3H2,1-2H3,(H2,15,16,17). The molecule has 0 amide bonds. The van der Waals surface area contributed by atoms with Gasteiger partial charge in [0, 0.05) is 6.07 Å². The number of nitrogens with two attached hydrogens (primary N) is 1. The van der Waals surface area contributed by atoms with E-state index in [-0.39, 0.29) is 5.82 Å². The zero-order chi connectivity index (χ0) is 13.1. The van der Waals surface area contributed by atoms with Gasteiger partial charge in [-0.25, -0.2) is 14.4 Å². The molecular weight excluding hydrogens is 233 g/mol. The molecule has 5 heteroatoms. The van der Waals surface area contributed by atoms with Crippen molar-refractivity contribution in [1.29, 1.82) is 0 Å². The molecule has 18 heavy (non-hydrogen) atoms. The fourth-order valence-corrected chi connectivity index (χ4v) is 1.58. The van der Waals surface area contributed by atoms with Gasteiger partial charge >= 0.3 is 0 Å². The van der Waals surface area contributed by atoms with E-state index in [1.54, 1.807) is 19.1 Å². The summed E-state index contributed by atoms with van der Waals surface area (Å²) >= 11 is 0. The first-order chi connectivity index (χ1) is 8.61. The van der Waals surface area contributed by atoms with Crippen LogP contribution in [0.5, 0.6) is 11.6 Å². The van der Waals surface area contributed by atoms with Crippen molar-refractivity contribution in [1.82, 2.24) is 9.97 Å². The normalized spacial score (nSPS) is 10.4. The van der Waals surface area contributed by atoms with Gasteiger partial charge in [-0.1, -0.05) is 13.0 Å². The zero-order valence-corrected chi connectivity index (χ0v) is 10.3. The van der Waals surface area contributed by atoms with E-state index in [0.29, 0.717) is 29.4 Å². The lowest BCUT2D eigenvalue weighted by molar-refractivity contribution is 0.451. The van der Waals surface area contributed by atoms with E-state index in [1.807, 2.05) is 6.92 Å². The maximum Gasteiger partial charge on any atom is 0.227 e. The average Bonchev–Trinajstić information content (AvgIpc) is 2.34. The second-order valence-corrected chi connectivity index (χ2v) is 3.91. The molecule has 0 atom stereocenters. The number of ether oxygens (including phenoxy) is 1. The number of nitrogens with zero attached hydrogens (tertiary/aromatic N) is 2. The van der Waals surface area contributed by atoms with Crippen molar-refractivity contribution >= 4 is 5.82 Å². The summed E-state index contributed by atoms with van der Waals surface area (Å²) in [4.78, 5) is 7.92. The highest BCUT2D eigenvalue weighted by Crippen LogP contribution is 2.26. The van der Waals surface area contributed by atoms with Crippen LogP contribution in [0.25, 0.3) is 0 Å². The van der Waals surface area contributed by atoms with Gasteiger partial charge in [-0.3, -0.25) is 0 Å². The van der Waals surface area contributed by atoms with E-state index in [1.165, 1.54) is 12.4 Å². The minimum Gasteiger partial charge on any atom is -0.438 e. The van der Waals surface area contributed by atoms with Crippen LogP contribution in [0.3, 0.4) is 0 Å². The monoisotopic (exact) mass is 247 g/mol. The van der Waals surface area contributed by atoms with Crippen molar-refractivity contribution in [2.45, 2.75) is 20.3 Å². The predicted molar refractivity (Wildman–Crippen MR) is 67.0 cm³/mol. The van der Waals surface area contributed by atoms with Crippen molar-refractivity contribution in [3.05, 3.63) is 41.5 Å². The molecule has 0 radical (unpaired) electrons. The lowest BCUT2D eigenvalue weighted by Gasteiger charge is -2.10. The molecule has 0 saturated carbocycles. The van der Waals surface area contributed by atoms with Crippen molar-refractivity contribution in [3.8, 4) is 11.6 Å². The first kappa shape index (κ1) is 12.3. The molecule has 2 aromatic rings. The average molecular weight is 247 g/mol. The van der Waals surface area contributed by atoms with E-state index in [9.17, 15) is 4.39 Å². The highest BCUT2D eigenvalue weighted by molar-refractivity contribution is 5.46. The second kappa shape index (κ2) is 5.00. The Bertz CT molecular complexity index is 572. The molecule has 0 aliphatic heterocycles. The lowest BCUT2D eigenvalue weighted by Crippen LogP contribution is -2.01. The summed E-state index contributed by atoms with van der Waals surface area (Å²) in [6.45, 7) is 3.62. The van der Waals surface area contributed by atoms with Crippen molar-refractivity contribution in [3.63, 3.8) is 0 Å². The summed E-state index contributed by atoms with van der Waals surface area (Å²) in [5.74, 6) is 0.835. The van der Waals surface area contributed by atoms with E-state index < -0.39 is 0 Å². The second-order valence-electron chi connectivity index (χ2n) is 3.91. The number of hydrogen-bond donors (Lipinski definition) is 1. The SMILES string of the molecule is CCc1c(N)ncnc1Oc1ccc(C)c(F)c1. The molecule has 0 fully saturated rings. The van der Waals surface area contributed by atoms with E-state index in [2.05, 4.69) is 9.97 Å². The van der Waals surface area contributed by atoms with Crippen LogP contribution in [0, 0.1) is 12.7 Å². The number of halogens is 1. The summed E-state index contributed by atoms with van der Waals surface area (Å²) in [6, 6.07) is 4.67. The van der Waals surface area contributed by atoms with Crippen LogP contribution in [0.15, 0.2) is 24.5 Å². The quantitative estimate of drug-likeness (QED) is 0.905. The maximum atomic E-state index is 13.4. The van der Waals surface area contributed by atoms with E-state index in [4.69, 9.17) is 10.5 Å². The largest absolute Gasteiger partial charge is 0.438 e. The third-order valence-corrected chi connectivity index (χ3v) is 2.65. The minimum atomic E-state index is -0.312. The maximum absolute atomic E-state index is 13.4. The topological polar surface area (TPSA) is 61.0 Å². The molecule has 4 nitrogen and oxygen atoms in total. The fourth-order valence-electron chi connectivity index (χ4n) is 1.58. The fraction of sp³-hybridized carbons (Fsp3) is 0.231. The summed E-state index contributed by atoms with van der Waals surface area (Å²) < 4.78 is 19.0. The molecule has 1 aromatic carbocycles. The van der Waals surface area contributed by atoms with E-state index >= 15 is 0 Å². The van der Waals surface area contributed by atoms with Crippen LogP contribution < -0.4 is 10.5 Å². The van der Waals surface area contributed by atoms with Crippen LogP contribution in [0.2, 0.25) is 0 Å². The number of benzene rings is 1. The Morgan fingerprint density at radius 2 is 2.11 bits per heavy atom. The predicted octanol–water partition coefficient (Wildman–Crippen LogP) is 2.86. The third-order valence-electron chi connectivity index (χ3n) is 2.65. The highest BCUT2D eigenvalue weighted by atomic mass is 19.1. The molecule has 0 aliphatic rings. The summed E-state index contributed by atoms with van der Waals surface area (Å²) in [5, 5.41) is 0. The molecule has 0 spiro atoms. The molecule has 0 unspecified atom stereocenters. The molecule has 2 rings (SSSR count).